The van der Waals surface area contributed by atoms with Gasteiger partial charge in [-0.3, -0.25) is 4.79 Å². The molecule has 10 heteroatoms. The van der Waals surface area contributed by atoms with Gasteiger partial charge >= 0.3 is 11.4 Å². The van der Waals surface area contributed by atoms with E-state index in [9.17, 15) is 14.4 Å². The van der Waals surface area contributed by atoms with Crippen LogP contribution in [0.25, 0.3) is 0 Å². The minimum absolute atomic E-state index is 0.117. The van der Waals surface area contributed by atoms with Crippen molar-refractivity contribution in [1.82, 2.24) is 24.3 Å². The highest BCUT2D eigenvalue weighted by Crippen LogP contribution is 2.23. The SMILES string of the molecule is Cc1ccc(NC(=O)c2ccc(Cn3c(=O)[nH]n(C)c3=O)cc2)cc1Nc1ncccn1. The van der Waals surface area contributed by atoms with Gasteiger partial charge in [-0.15, -0.1) is 0 Å². The third-order valence-corrected chi connectivity index (χ3v) is 4.89. The lowest BCUT2D eigenvalue weighted by Crippen LogP contribution is -2.28. The number of aryl methyl sites for hydroxylation is 2. The topological polar surface area (TPSA) is 127 Å². The van der Waals surface area contributed by atoms with Crippen molar-refractivity contribution >= 4 is 23.2 Å². The Hall–Kier alpha value is -4.47. The predicted molar refractivity (Wildman–Crippen MR) is 120 cm³/mol. The molecule has 0 spiro atoms. The number of hydrogen-bond donors (Lipinski definition) is 3. The van der Waals surface area contributed by atoms with Crippen molar-refractivity contribution in [3.05, 3.63) is 98.6 Å². The molecule has 162 valence electrons. The zero-order valence-corrected chi connectivity index (χ0v) is 17.5. The molecule has 4 rings (SSSR count). The van der Waals surface area contributed by atoms with E-state index in [0.29, 0.717) is 17.2 Å². The van der Waals surface area contributed by atoms with Gasteiger partial charge in [0.1, 0.15) is 0 Å². The fourth-order valence-electron chi connectivity index (χ4n) is 3.12. The first-order chi connectivity index (χ1) is 15.4. The summed E-state index contributed by atoms with van der Waals surface area (Å²) in [4.78, 5) is 44.8. The highest BCUT2D eigenvalue weighted by atomic mass is 16.2. The van der Waals surface area contributed by atoms with Gasteiger partial charge < -0.3 is 10.6 Å². The van der Waals surface area contributed by atoms with Crippen LogP contribution in [0.5, 0.6) is 0 Å². The van der Waals surface area contributed by atoms with Crippen molar-refractivity contribution in [1.29, 1.82) is 0 Å². The quantitative estimate of drug-likeness (QED) is 0.429. The summed E-state index contributed by atoms with van der Waals surface area (Å²) in [6.45, 7) is 2.06. The summed E-state index contributed by atoms with van der Waals surface area (Å²) in [5.41, 5.74) is 2.64. The molecule has 10 nitrogen and oxygen atoms in total. The summed E-state index contributed by atoms with van der Waals surface area (Å²) in [7, 11) is 1.48. The molecule has 0 atom stereocenters. The van der Waals surface area contributed by atoms with Gasteiger partial charge in [0.05, 0.1) is 6.54 Å². The van der Waals surface area contributed by atoms with Crippen LogP contribution in [0.4, 0.5) is 17.3 Å². The monoisotopic (exact) mass is 431 g/mol. The maximum atomic E-state index is 12.7. The number of amides is 1. The summed E-state index contributed by atoms with van der Waals surface area (Å²) in [6, 6.07) is 14.0. The van der Waals surface area contributed by atoms with Crippen LogP contribution >= 0.6 is 0 Å². The molecule has 2 heterocycles. The van der Waals surface area contributed by atoms with Crippen molar-refractivity contribution in [3.8, 4) is 0 Å². The lowest BCUT2D eigenvalue weighted by Gasteiger charge is -2.11. The Bertz CT molecular complexity index is 1370. The Morgan fingerprint density at radius 2 is 1.78 bits per heavy atom. The third kappa shape index (κ3) is 4.48. The summed E-state index contributed by atoms with van der Waals surface area (Å²) in [6.07, 6.45) is 3.29. The van der Waals surface area contributed by atoms with Gasteiger partial charge in [0.25, 0.3) is 5.91 Å². The van der Waals surface area contributed by atoms with Crippen molar-refractivity contribution in [2.45, 2.75) is 13.5 Å². The maximum Gasteiger partial charge on any atom is 0.346 e. The number of anilines is 3. The van der Waals surface area contributed by atoms with Crippen molar-refractivity contribution in [3.63, 3.8) is 0 Å². The minimum Gasteiger partial charge on any atom is -0.324 e. The molecule has 0 aliphatic rings. The third-order valence-electron chi connectivity index (χ3n) is 4.89. The van der Waals surface area contributed by atoms with Crippen LogP contribution in [0.3, 0.4) is 0 Å². The number of rotatable bonds is 6. The predicted octanol–water partition coefficient (Wildman–Crippen LogP) is 2.02. The summed E-state index contributed by atoms with van der Waals surface area (Å²) in [5.74, 6) is 0.183. The molecule has 0 radical (unpaired) electrons. The molecule has 0 bridgehead atoms. The normalized spacial score (nSPS) is 10.7. The van der Waals surface area contributed by atoms with Crippen LogP contribution in [-0.4, -0.2) is 30.2 Å². The Morgan fingerprint density at radius 1 is 1.06 bits per heavy atom. The first-order valence-electron chi connectivity index (χ1n) is 9.81. The molecular weight excluding hydrogens is 410 g/mol. The van der Waals surface area contributed by atoms with Gasteiger partial charge in [-0.05, 0) is 48.4 Å². The van der Waals surface area contributed by atoms with Crippen LogP contribution in [0.2, 0.25) is 0 Å². The van der Waals surface area contributed by atoms with E-state index in [1.54, 1.807) is 42.7 Å². The molecule has 0 saturated heterocycles. The molecule has 4 aromatic rings. The van der Waals surface area contributed by atoms with Gasteiger partial charge in [-0.25, -0.2) is 33.9 Å². The maximum absolute atomic E-state index is 12.7. The second-order valence-electron chi connectivity index (χ2n) is 7.22. The van der Waals surface area contributed by atoms with E-state index in [2.05, 4.69) is 25.7 Å². The fraction of sp³-hybridized carbons (Fsp3) is 0.136. The molecule has 0 saturated carbocycles. The van der Waals surface area contributed by atoms with Crippen LogP contribution in [0.15, 0.2) is 70.5 Å². The lowest BCUT2D eigenvalue weighted by molar-refractivity contribution is 0.102. The Kier molecular flexibility index (Phi) is 5.67. The highest BCUT2D eigenvalue weighted by molar-refractivity contribution is 6.04. The Morgan fingerprint density at radius 3 is 2.44 bits per heavy atom. The number of nitrogens with one attached hydrogen (secondary N) is 3. The second-order valence-corrected chi connectivity index (χ2v) is 7.22. The second kappa shape index (κ2) is 8.72. The first kappa shape index (κ1) is 20.8. The van der Waals surface area contributed by atoms with Crippen LogP contribution in [0.1, 0.15) is 21.5 Å². The number of aromatic amines is 1. The summed E-state index contributed by atoms with van der Waals surface area (Å²) in [5, 5.41) is 8.42. The van der Waals surface area contributed by atoms with Crippen LogP contribution < -0.4 is 22.0 Å². The minimum atomic E-state index is -0.482. The molecule has 0 aliphatic heterocycles. The van der Waals surface area contributed by atoms with E-state index in [1.807, 2.05) is 25.1 Å². The average molecular weight is 431 g/mol. The van der Waals surface area contributed by atoms with Crippen LogP contribution in [-0.2, 0) is 13.6 Å². The van der Waals surface area contributed by atoms with Gasteiger partial charge in [0, 0.05) is 36.4 Å². The van der Waals surface area contributed by atoms with Crippen molar-refractivity contribution in [2.75, 3.05) is 10.6 Å². The molecular formula is C22H21N7O3. The average Bonchev–Trinajstić information content (AvgIpc) is 3.03. The number of carbonyl (C=O) groups excluding carboxylic acids is 1. The van der Waals surface area contributed by atoms with Gasteiger partial charge in [-0.1, -0.05) is 18.2 Å². The van der Waals surface area contributed by atoms with Gasteiger partial charge in [0.15, 0.2) is 0 Å². The van der Waals surface area contributed by atoms with E-state index in [1.165, 1.54) is 7.05 Å². The van der Waals surface area contributed by atoms with E-state index in [4.69, 9.17) is 0 Å². The zero-order valence-electron chi connectivity index (χ0n) is 17.5. The molecule has 0 fully saturated rings. The van der Waals surface area contributed by atoms with E-state index < -0.39 is 11.4 Å². The molecule has 2 aromatic heterocycles. The van der Waals surface area contributed by atoms with E-state index >= 15 is 0 Å². The number of benzene rings is 2. The number of carbonyl (C=O) groups is 1. The summed E-state index contributed by atoms with van der Waals surface area (Å²) >= 11 is 0. The molecule has 32 heavy (non-hydrogen) atoms. The molecule has 2 aromatic carbocycles. The Balaban J connectivity index is 1.46. The van der Waals surface area contributed by atoms with E-state index in [-0.39, 0.29) is 12.5 Å². The molecule has 0 unspecified atom stereocenters. The number of nitrogens with zero attached hydrogens (tertiary/aromatic N) is 4. The van der Waals surface area contributed by atoms with Crippen LogP contribution in [0, 0.1) is 6.92 Å². The smallest absolute Gasteiger partial charge is 0.324 e. The highest BCUT2D eigenvalue weighted by Gasteiger charge is 2.10. The molecule has 0 aliphatic carbocycles. The van der Waals surface area contributed by atoms with Crippen molar-refractivity contribution in [2.24, 2.45) is 7.05 Å². The van der Waals surface area contributed by atoms with Gasteiger partial charge in [0.2, 0.25) is 5.95 Å². The number of H-pyrrole nitrogens is 1. The standard InChI is InChI=1S/C22H21N7O3/c1-14-4-9-17(12-18(14)26-20-23-10-3-11-24-20)25-19(30)16-7-5-15(6-8-16)13-29-21(31)27-28(2)22(29)32/h3-12H,13H2,1-2H3,(H,25,30)(H,27,31)(H,23,24,26). The van der Waals surface area contributed by atoms with E-state index in [0.717, 1.165) is 26.1 Å². The number of aromatic nitrogens is 5. The Labute approximate surface area is 182 Å². The largest absolute Gasteiger partial charge is 0.346 e. The molecule has 1 amide bonds. The zero-order chi connectivity index (χ0) is 22.7. The van der Waals surface area contributed by atoms with Gasteiger partial charge in [-0.2, -0.15) is 0 Å². The fourth-order valence-corrected chi connectivity index (χ4v) is 3.12. The number of hydrogen-bond acceptors (Lipinski definition) is 6. The lowest BCUT2D eigenvalue weighted by atomic mass is 10.1. The van der Waals surface area contributed by atoms with Crippen molar-refractivity contribution < 1.29 is 4.79 Å². The summed E-state index contributed by atoms with van der Waals surface area (Å²) < 4.78 is 2.21. The first-order valence-corrected chi connectivity index (χ1v) is 9.81. The molecule has 3 N–H and O–H groups in total.